The Kier molecular flexibility index (Phi) is 3.97. The number of hydrogen-bond donors (Lipinski definition) is 1. The molecule has 0 radical (unpaired) electrons. The molecular formula is C19H22F2N4O3S. The fraction of sp³-hybridized carbons (Fsp3) is 0.632. The molecule has 10 heteroatoms. The molecule has 1 unspecified atom stereocenters. The summed E-state index contributed by atoms with van der Waals surface area (Å²) in [5, 5.41) is 3.17. The average Bonchev–Trinajstić information content (AvgIpc) is 3.38. The molecule has 3 atom stereocenters. The van der Waals surface area contributed by atoms with E-state index in [9.17, 15) is 23.2 Å². The Balaban J connectivity index is 1.66. The lowest BCUT2D eigenvalue weighted by Gasteiger charge is -2.12. The van der Waals surface area contributed by atoms with Gasteiger partial charge >= 0.3 is 11.7 Å². The molecule has 29 heavy (non-hydrogen) atoms. The second-order valence-corrected chi connectivity index (χ2v) is 9.58. The van der Waals surface area contributed by atoms with Gasteiger partial charge in [-0.1, -0.05) is 6.92 Å². The summed E-state index contributed by atoms with van der Waals surface area (Å²) >= 11 is 1.26. The molecule has 2 saturated carbocycles. The molecule has 0 aromatic carbocycles. The zero-order valence-corrected chi connectivity index (χ0v) is 17.0. The number of aryl methyl sites for hydroxylation is 1. The van der Waals surface area contributed by atoms with Gasteiger partial charge in [-0.15, -0.1) is 11.3 Å². The van der Waals surface area contributed by atoms with Crippen LogP contribution in [0.5, 0.6) is 0 Å². The molecule has 2 aromatic rings. The molecule has 1 N–H and O–H groups in total. The molecule has 0 spiro atoms. The molecule has 1 saturated heterocycles. The highest BCUT2D eigenvalue weighted by Crippen LogP contribution is 2.50. The van der Waals surface area contributed by atoms with Gasteiger partial charge in [0, 0.05) is 42.9 Å². The molecule has 3 fully saturated rings. The average molecular weight is 424 g/mol. The number of alkyl halides is 2. The summed E-state index contributed by atoms with van der Waals surface area (Å²) < 4.78 is 29.8. The number of amides is 2. The van der Waals surface area contributed by atoms with Crippen molar-refractivity contribution < 1.29 is 13.6 Å². The predicted octanol–water partition coefficient (Wildman–Crippen LogP) is 2.29. The standard InChI is InChI=1S/C19H22F2N4O3S/c1-9-5-12(9)25-15(26)14-10(2)13(8-23-4-3-22-17(23)27)29-16(14)24(18(25)28)7-11-6-19(11,20)21/h9,11-12H,3-8H2,1-2H3,(H,22,27)/t9-,11?,12-/m0/s1. The van der Waals surface area contributed by atoms with Crippen molar-refractivity contribution in [3.8, 4) is 0 Å². The van der Waals surface area contributed by atoms with Crippen molar-refractivity contribution in [1.29, 1.82) is 0 Å². The van der Waals surface area contributed by atoms with Gasteiger partial charge in [0.05, 0.1) is 11.9 Å². The lowest BCUT2D eigenvalue weighted by molar-refractivity contribution is 0.0950. The SMILES string of the molecule is Cc1c(CN2CCNC2=O)sc2c1c(=O)n([C@H]1C[C@@H]1C)c(=O)n2CC1CC1(F)F. The van der Waals surface area contributed by atoms with Crippen LogP contribution in [0.3, 0.4) is 0 Å². The van der Waals surface area contributed by atoms with E-state index in [1.54, 1.807) is 4.90 Å². The van der Waals surface area contributed by atoms with E-state index >= 15 is 0 Å². The van der Waals surface area contributed by atoms with Gasteiger partial charge in [-0.3, -0.25) is 13.9 Å². The third-order valence-electron chi connectivity index (χ3n) is 6.38. The zero-order valence-electron chi connectivity index (χ0n) is 16.2. The molecule has 3 aliphatic rings. The van der Waals surface area contributed by atoms with Gasteiger partial charge in [-0.25, -0.2) is 18.4 Å². The van der Waals surface area contributed by atoms with Crippen molar-refractivity contribution in [3.05, 3.63) is 31.3 Å². The van der Waals surface area contributed by atoms with Crippen LogP contribution in [-0.2, 0) is 13.1 Å². The second kappa shape index (κ2) is 6.13. The van der Waals surface area contributed by atoms with Crippen LogP contribution in [0.25, 0.3) is 10.2 Å². The van der Waals surface area contributed by atoms with Gasteiger partial charge in [0.15, 0.2) is 0 Å². The van der Waals surface area contributed by atoms with Crippen LogP contribution in [0.4, 0.5) is 13.6 Å². The van der Waals surface area contributed by atoms with Gasteiger partial charge in [0.25, 0.3) is 11.5 Å². The summed E-state index contributed by atoms with van der Waals surface area (Å²) in [6, 6.07) is -0.335. The first-order valence-corrected chi connectivity index (χ1v) is 10.7. The Hall–Kier alpha value is -2.23. The molecule has 156 valence electrons. The quantitative estimate of drug-likeness (QED) is 0.800. The van der Waals surface area contributed by atoms with Crippen molar-refractivity contribution in [1.82, 2.24) is 19.4 Å². The lowest BCUT2D eigenvalue weighted by atomic mass is 10.2. The van der Waals surface area contributed by atoms with E-state index in [0.29, 0.717) is 29.9 Å². The van der Waals surface area contributed by atoms with Gasteiger partial charge in [0.2, 0.25) is 0 Å². The van der Waals surface area contributed by atoms with Gasteiger partial charge in [0.1, 0.15) is 4.83 Å². The number of carbonyl (C=O) groups is 1. The molecule has 0 bridgehead atoms. The monoisotopic (exact) mass is 424 g/mol. The van der Waals surface area contributed by atoms with Crippen LogP contribution in [0, 0.1) is 18.8 Å². The first-order valence-electron chi connectivity index (χ1n) is 9.87. The van der Waals surface area contributed by atoms with E-state index in [4.69, 9.17) is 0 Å². The maximum absolute atomic E-state index is 13.6. The van der Waals surface area contributed by atoms with E-state index in [2.05, 4.69) is 5.32 Å². The highest BCUT2D eigenvalue weighted by Gasteiger charge is 2.57. The van der Waals surface area contributed by atoms with E-state index in [1.165, 1.54) is 20.5 Å². The minimum Gasteiger partial charge on any atom is -0.336 e. The van der Waals surface area contributed by atoms with Gasteiger partial charge in [-0.05, 0) is 24.8 Å². The summed E-state index contributed by atoms with van der Waals surface area (Å²) in [6.07, 6.45) is 0.509. The van der Waals surface area contributed by atoms with Crippen LogP contribution in [-0.4, -0.2) is 39.1 Å². The number of fused-ring (bicyclic) bond motifs is 1. The molecule has 3 heterocycles. The number of carbonyl (C=O) groups excluding carboxylic acids is 1. The Bertz CT molecular complexity index is 1150. The third-order valence-corrected chi connectivity index (χ3v) is 7.68. The molecule has 2 amide bonds. The summed E-state index contributed by atoms with van der Waals surface area (Å²) in [6.45, 7) is 5.16. The molecule has 2 aliphatic carbocycles. The van der Waals surface area contributed by atoms with Crippen LogP contribution < -0.4 is 16.6 Å². The highest BCUT2D eigenvalue weighted by atomic mass is 32.1. The molecule has 1 aliphatic heterocycles. The highest BCUT2D eigenvalue weighted by molar-refractivity contribution is 7.18. The first-order chi connectivity index (χ1) is 13.7. The van der Waals surface area contributed by atoms with Crippen LogP contribution in [0.1, 0.15) is 36.2 Å². The van der Waals surface area contributed by atoms with E-state index in [-0.39, 0.29) is 36.5 Å². The predicted molar refractivity (Wildman–Crippen MR) is 105 cm³/mol. The van der Waals surface area contributed by atoms with Crippen molar-refractivity contribution in [2.24, 2.45) is 11.8 Å². The Morgan fingerprint density at radius 2 is 1.97 bits per heavy atom. The number of rotatable bonds is 5. The maximum atomic E-state index is 13.6. The molecule has 5 rings (SSSR count). The molecular weight excluding hydrogens is 402 g/mol. The second-order valence-electron chi connectivity index (χ2n) is 8.49. The number of nitrogens with zero attached hydrogens (tertiary/aromatic N) is 3. The van der Waals surface area contributed by atoms with Crippen LogP contribution >= 0.6 is 11.3 Å². The van der Waals surface area contributed by atoms with Crippen LogP contribution in [0.2, 0.25) is 0 Å². The van der Waals surface area contributed by atoms with E-state index in [1.807, 2.05) is 13.8 Å². The number of hydrogen-bond acceptors (Lipinski definition) is 4. The smallest absolute Gasteiger partial charge is 0.332 e. The van der Waals surface area contributed by atoms with Crippen molar-refractivity contribution in [3.63, 3.8) is 0 Å². The van der Waals surface area contributed by atoms with Crippen molar-refractivity contribution in [2.75, 3.05) is 13.1 Å². The summed E-state index contributed by atoms with van der Waals surface area (Å²) in [5.41, 5.74) is -0.108. The minimum atomic E-state index is -2.75. The Morgan fingerprint density at radius 1 is 1.28 bits per heavy atom. The first kappa shape index (κ1) is 18.8. The number of halogens is 2. The zero-order chi connectivity index (χ0) is 20.7. The lowest BCUT2D eigenvalue weighted by Crippen LogP contribution is -2.40. The van der Waals surface area contributed by atoms with E-state index in [0.717, 1.165) is 16.9 Å². The number of aromatic nitrogens is 2. The summed E-state index contributed by atoms with van der Waals surface area (Å²) in [7, 11) is 0. The topological polar surface area (TPSA) is 76.3 Å². The fourth-order valence-corrected chi connectivity index (χ4v) is 5.51. The molecule has 2 aromatic heterocycles. The largest absolute Gasteiger partial charge is 0.336 e. The third kappa shape index (κ3) is 2.91. The normalized spacial score (nSPS) is 27.5. The van der Waals surface area contributed by atoms with Crippen molar-refractivity contribution >= 4 is 27.6 Å². The fourth-order valence-electron chi connectivity index (χ4n) is 4.20. The number of thiophene rings is 1. The Labute approximate surface area is 168 Å². The molecule has 7 nitrogen and oxygen atoms in total. The summed E-state index contributed by atoms with van der Waals surface area (Å²) in [4.78, 5) is 41.2. The number of nitrogens with one attached hydrogen (secondary N) is 1. The van der Waals surface area contributed by atoms with Gasteiger partial charge in [-0.2, -0.15) is 0 Å². The number of urea groups is 1. The summed E-state index contributed by atoms with van der Waals surface area (Å²) in [5.74, 6) is -3.40. The van der Waals surface area contributed by atoms with Gasteiger partial charge < -0.3 is 10.2 Å². The Morgan fingerprint density at radius 3 is 2.52 bits per heavy atom. The minimum absolute atomic E-state index is 0.0900. The maximum Gasteiger partial charge on any atom is 0.332 e. The van der Waals surface area contributed by atoms with Crippen molar-refractivity contribution in [2.45, 2.75) is 51.7 Å². The van der Waals surface area contributed by atoms with E-state index < -0.39 is 17.5 Å². The van der Waals surface area contributed by atoms with Crippen LogP contribution in [0.15, 0.2) is 9.59 Å².